The van der Waals surface area contributed by atoms with Gasteiger partial charge in [0.15, 0.2) is 0 Å². The Morgan fingerprint density at radius 3 is 1.27 bits per heavy atom. The van der Waals surface area contributed by atoms with E-state index in [2.05, 4.69) is 53.5 Å². The molecule has 26 heavy (non-hydrogen) atoms. The van der Waals surface area contributed by atoms with E-state index < -0.39 is 0 Å². The van der Waals surface area contributed by atoms with Crippen molar-refractivity contribution in [3.63, 3.8) is 0 Å². The Hall–Kier alpha value is -0.537. The van der Waals surface area contributed by atoms with Crippen molar-refractivity contribution in [2.75, 3.05) is 61.9 Å². The van der Waals surface area contributed by atoms with Gasteiger partial charge in [0, 0.05) is 19.6 Å². The summed E-state index contributed by atoms with van der Waals surface area (Å²) in [6.45, 7) is 15.8. The quantitative estimate of drug-likeness (QED) is 0.546. The second-order valence-corrected chi connectivity index (χ2v) is 8.10. The van der Waals surface area contributed by atoms with Gasteiger partial charge in [0.05, 0.1) is 0 Å². The SMILES string of the molecule is C=CCN(C)C.C=CCN(C)C.C=CCN(C)C.CCC1=[C]([Zr])CC=C1. The monoisotopic (exact) mass is 438 g/mol. The van der Waals surface area contributed by atoms with Crippen molar-refractivity contribution in [2.45, 2.75) is 19.8 Å². The van der Waals surface area contributed by atoms with Crippen molar-refractivity contribution < 1.29 is 24.7 Å². The molecule has 1 aliphatic carbocycles. The van der Waals surface area contributed by atoms with Crippen LogP contribution in [0.3, 0.4) is 0 Å². The van der Waals surface area contributed by atoms with Crippen LogP contribution < -0.4 is 0 Å². The number of hydrogen-bond acceptors (Lipinski definition) is 3. The molecular weight excluding hydrogens is 397 g/mol. The minimum absolute atomic E-state index is 0.972. The molecular formula is C22H42N3Zr. The van der Waals surface area contributed by atoms with Crippen LogP contribution in [0.2, 0.25) is 0 Å². The van der Waals surface area contributed by atoms with Gasteiger partial charge < -0.3 is 14.7 Å². The van der Waals surface area contributed by atoms with E-state index in [1.807, 2.05) is 60.5 Å². The van der Waals surface area contributed by atoms with Crippen LogP contribution in [0.4, 0.5) is 0 Å². The number of nitrogens with zero attached hydrogens (tertiary/aromatic N) is 3. The molecule has 0 atom stereocenters. The van der Waals surface area contributed by atoms with E-state index in [1.165, 1.54) is 12.8 Å². The Labute approximate surface area is 179 Å². The van der Waals surface area contributed by atoms with Gasteiger partial charge in [-0.3, -0.25) is 0 Å². The van der Waals surface area contributed by atoms with Crippen LogP contribution in [0.1, 0.15) is 19.8 Å². The minimum atomic E-state index is 0.972. The molecule has 3 nitrogen and oxygen atoms in total. The molecule has 0 aromatic rings. The van der Waals surface area contributed by atoms with Crippen molar-refractivity contribution in [2.24, 2.45) is 0 Å². The first-order chi connectivity index (χ1) is 12.2. The molecule has 0 aromatic heterocycles. The first-order valence-electron chi connectivity index (χ1n) is 9.03. The molecule has 0 unspecified atom stereocenters. The fourth-order valence-electron chi connectivity index (χ4n) is 1.66. The maximum atomic E-state index is 3.56. The summed E-state index contributed by atoms with van der Waals surface area (Å²) in [5.74, 6) is 0. The van der Waals surface area contributed by atoms with Crippen LogP contribution in [0, 0.1) is 0 Å². The molecule has 0 amide bonds. The molecule has 0 aliphatic heterocycles. The molecule has 4 heteroatoms. The fourth-order valence-corrected chi connectivity index (χ4v) is 2.59. The van der Waals surface area contributed by atoms with E-state index in [4.69, 9.17) is 0 Å². The van der Waals surface area contributed by atoms with Gasteiger partial charge in [-0.1, -0.05) is 18.2 Å². The maximum absolute atomic E-state index is 3.56. The van der Waals surface area contributed by atoms with E-state index >= 15 is 0 Å². The average molecular weight is 440 g/mol. The van der Waals surface area contributed by atoms with Crippen LogP contribution in [0.25, 0.3) is 0 Å². The molecule has 0 N–H and O–H groups in total. The summed E-state index contributed by atoms with van der Waals surface area (Å²) in [5, 5.41) is 0. The summed E-state index contributed by atoms with van der Waals surface area (Å²) in [4.78, 5) is 6.19. The number of likely N-dealkylation sites (N-methyl/N-ethyl adjacent to an activating group) is 3. The normalized spacial score (nSPS) is 11.9. The topological polar surface area (TPSA) is 9.72 Å². The fraction of sp³-hybridized carbons (Fsp3) is 0.545. The number of hydrogen-bond donors (Lipinski definition) is 0. The van der Waals surface area contributed by atoms with Gasteiger partial charge >= 0.3 is 65.5 Å². The molecule has 0 saturated carbocycles. The molecule has 149 valence electrons. The summed E-state index contributed by atoms with van der Waals surface area (Å²) in [5.41, 5.74) is 1.57. The van der Waals surface area contributed by atoms with Gasteiger partial charge in [-0.2, -0.15) is 0 Å². The van der Waals surface area contributed by atoms with Crippen LogP contribution >= 0.6 is 0 Å². The standard InChI is InChI=1S/C7H9.3C5H11N.Zr/c1-2-7-5-3-4-6-7;3*1-4-5-6(2)3;/h3,5H,2,4H2,1H3;3*4H,1,5H2,2-3H3;. The number of allylic oxidation sites excluding steroid dienone is 4. The Bertz CT molecular complexity index is 374. The summed E-state index contributed by atoms with van der Waals surface area (Å²) in [6, 6.07) is 0. The van der Waals surface area contributed by atoms with E-state index in [0.717, 1.165) is 19.6 Å². The predicted molar refractivity (Wildman–Crippen MR) is 117 cm³/mol. The molecule has 1 rings (SSSR count). The third-order valence-corrected chi connectivity index (χ3v) is 4.18. The van der Waals surface area contributed by atoms with E-state index in [0.29, 0.717) is 0 Å². The Balaban J connectivity index is -0.000000275. The molecule has 0 spiro atoms. The van der Waals surface area contributed by atoms with Crippen molar-refractivity contribution >= 4 is 0 Å². The van der Waals surface area contributed by atoms with Crippen LogP contribution in [0.15, 0.2) is 59.0 Å². The third-order valence-electron chi connectivity index (χ3n) is 2.89. The zero-order valence-corrected chi connectivity index (χ0v) is 20.8. The summed E-state index contributed by atoms with van der Waals surface area (Å²) < 4.78 is 1.64. The zero-order chi connectivity index (χ0) is 21.0. The number of rotatable bonds is 7. The van der Waals surface area contributed by atoms with E-state index in [-0.39, 0.29) is 0 Å². The second-order valence-electron chi connectivity index (χ2n) is 6.62. The van der Waals surface area contributed by atoms with E-state index in [9.17, 15) is 0 Å². The van der Waals surface area contributed by atoms with Gasteiger partial charge in [0.1, 0.15) is 0 Å². The zero-order valence-electron chi connectivity index (χ0n) is 18.4. The van der Waals surface area contributed by atoms with Gasteiger partial charge in [-0.05, 0) is 42.3 Å². The predicted octanol–water partition coefficient (Wildman–Crippen LogP) is 4.36. The summed E-state index contributed by atoms with van der Waals surface area (Å²) in [7, 11) is 12.1. The Morgan fingerprint density at radius 1 is 0.846 bits per heavy atom. The molecule has 0 fully saturated rings. The van der Waals surface area contributed by atoms with Gasteiger partial charge in [0.25, 0.3) is 0 Å². The van der Waals surface area contributed by atoms with Crippen molar-refractivity contribution in [3.8, 4) is 0 Å². The third kappa shape index (κ3) is 28.3. The van der Waals surface area contributed by atoms with E-state index in [1.54, 1.807) is 33.6 Å². The first kappa shape index (κ1) is 30.2. The van der Waals surface area contributed by atoms with Crippen molar-refractivity contribution in [1.29, 1.82) is 0 Å². The molecule has 0 heterocycles. The Kier molecular flexibility index (Phi) is 26.1. The molecule has 0 aromatic carbocycles. The average Bonchev–Trinajstić information content (AvgIpc) is 2.94. The van der Waals surface area contributed by atoms with Crippen LogP contribution in [-0.4, -0.2) is 76.6 Å². The molecule has 0 bridgehead atoms. The first-order valence-corrected chi connectivity index (χ1v) is 10.3. The van der Waals surface area contributed by atoms with Crippen LogP contribution in [-0.2, 0) is 24.7 Å². The van der Waals surface area contributed by atoms with Gasteiger partial charge in [-0.15, -0.1) is 19.7 Å². The molecule has 0 radical (unpaired) electrons. The molecule has 1 aliphatic rings. The van der Waals surface area contributed by atoms with Crippen LogP contribution in [0.5, 0.6) is 0 Å². The Morgan fingerprint density at radius 2 is 1.19 bits per heavy atom. The second kappa shape index (κ2) is 22.5. The summed E-state index contributed by atoms with van der Waals surface area (Å²) in [6.07, 6.45) is 12.6. The van der Waals surface area contributed by atoms with Crippen molar-refractivity contribution in [3.05, 3.63) is 59.0 Å². The molecule has 0 saturated heterocycles. The van der Waals surface area contributed by atoms with Gasteiger partial charge in [-0.25, -0.2) is 0 Å². The summed E-state index contributed by atoms with van der Waals surface area (Å²) >= 11 is 1.60. The van der Waals surface area contributed by atoms with Gasteiger partial charge in [0.2, 0.25) is 0 Å². The van der Waals surface area contributed by atoms with Crippen molar-refractivity contribution in [1.82, 2.24) is 14.7 Å².